The van der Waals surface area contributed by atoms with E-state index in [0.29, 0.717) is 12.2 Å². The van der Waals surface area contributed by atoms with Gasteiger partial charge in [0, 0.05) is 42.5 Å². The van der Waals surface area contributed by atoms with Crippen LogP contribution >= 0.6 is 0 Å². The van der Waals surface area contributed by atoms with Crippen LogP contribution in [-0.2, 0) is 19.0 Å². The molecule has 0 saturated carbocycles. The first-order chi connectivity index (χ1) is 9.27. The third kappa shape index (κ3) is 3.15. The van der Waals surface area contributed by atoms with Gasteiger partial charge in [-0.25, -0.2) is 8.78 Å². The number of benzene rings is 1. The van der Waals surface area contributed by atoms with Crippen LogP contribution in [0.4, 0.5) is 14.5 Å². The number of hydrogen-bond donors (Lipinski definition) is 1. The summed E-state index contributed by atoms with van der Waals surface area (Å²) in [6, 6.07) is 3.79. The van der Waals surface area contributed by atoms with Gasteiger partial charge in [-0.3, -0.25) is 4.68 Å². The Morgan fingerprint density at radius 3 is 2.50 bits per heavy atom. The van der Waals surface area contributed by atoms with Gasteiger partial charge in [0.05, 0.1) is 5.69 Å². The molecule has 0 amide bonds. The molecule has 1 heterocycles. The lowest BCUT2D eigenvalue weighted by Gasteiger charge is -2.18. The minimum atomic E-state index is -0.850. The predicted molar refractivity (Wildman–Crippen MR) is 75.6 cm³/mol. The maximum atomic E-state index is 13.1. The van der Waals surface area contributed by atoms with Gasteiger partial charge in [0.2, 0.25) is 0 Å². The Morgan fingerprint density at radius 1 is 1.20 bits per heavy atom. The number of halogens is 2. The third-order valence-corrected chi connectivity index (χ3v) is 3.02. The summed E-state index contributed by atoms with van der Waals surface area (Å²) >= 11 is 0. The standard InChI is InChI=1S/C15H19F2N3/c1-15(2,3)14-10(9-20(4)19-14)8-18-11-5-6-12(16)13(17)7-11/h5-7,9,18H,8H2,1-4H3. The molecule has 108 valence electrons. The minimum absolute atomic E-state index is 0.0632. The van der Waals surface area contributed by atoms with Gasteiger partial charge in [-0.15, -0.1) is 0 Å². The molecular weight excluding hydrogens is 260 g/mol. The van der Waals surface area contributed by atoms with E-state index in [0.717, 1.165) is 23.4 Å². The zero-order valence-electron chi connectivity index (χ0n) is 12.2. The second-order valence-electron chi connectivity index (χ2n) is 5.91. The Bertz CT molecular complexity index is 612. The molecule has 0 spiro atoms. The Labute approximate surface area is 117 Å². The minimum Gasteiger partial charge on any atom is -0.381 e. The van der Waals surface area contributed by atoms with Crippen LogP contribution in [0.3, 0.4) is 0 Å². The van der Waals surface area contributed by atoms with Crippen molar-refractivity contribution in [1.82, 2.24) is 9.78 Å². The smallest absolute Gasteiger partial charge is 0.160 e. The van der Waals surface area contributed by atoms with E-state index in [1.807, 2.05) is 13.2 Å². The van der Waals surface area contributed by atoms with E-state index in [1.54, 1.807) is 4.68 Å². The fraction of sp³-hybridized carbons (Fsp3) is 0.400. The molecule has 0 saturated heterocycles. The molecule has 0 unspecified atom stereocenters. The normalized spacial score (nSPS) is 11.7. The quantitative estimate of drug-likeness (QED) is 0.930. The number of hydrogen-bond acceptors (Lipinski definition) is 2. The summed E-state index contributed by atoms with van der Waals surface area (Å²) in [6.45, 7) is 6.80. The second-order valence-corrected chi connectivity index (χ2v) is 5.91. The van der Waals surface area contributed by atoms with Crippen LogP contribution in [0.15, 0.2) is 24.4 Å². The number of aryl methyl sites for hydroxylation is 1. The van der Waals surface area contributed by atoms with Crippen molar-refractivity contribution in [2.75, 3.05) is 5.32 Å². The maximum absolute atomic E-state index is 13.1. The van der Waals surface area contributed by atoms with Crippen LogP contribution in [0, 0.1) is 11.6 Å². The van der Waals surface area contributed by atoms with Crippen molar-refractivity contribution in [3.63, 3.8) is 0 Å². The number of aromatic nitrogens is 2. The lowest BCUT2D eigenvalue weighted by Crippen LogP contribution is -2.16. The van der Waals surface area contributed by atoms with Gasteiger partial charge >= 0.3 is 0 Å². The van der Waals surface area contributed by atoms with Crippen molar-refractivity contribution in [2.45, 2.75) is 32.7 Å². The number of rotatable bonds is 3. The zero-order chi connectivity index (χ0) is 14.9. The summed E-state index contributed by atoms with van der Waals surface area (Å²) in [5, 5.41) is 7.56. The van der Waals surface area contributed by atoms with Crippen molar-refractivity contribution >= 4 is 5.69 Å². The summed E-state index contributed by atoms with van der Waals surface area (Å²) in [5.74, 6) is -1.69. The zero-order valence-corrected chi connectivity index (χ0v) is 12.2. The third-order valence-electron chi connectivity index (χ3n) is 3.02. The van der Waals surface area contributed by atoms with Crippen molar-refractivity contribution in [1.29, 1.82) is 0 Å². The van der Waals surface area contributed by atoms with Gasteiger partial charge in [-0.2, -0.15) is 5.10 Å². The lowest BCUT2D eigenvalue weighted by molar-refractivity contribution is 0.509. The van der Waals surface area contributed by atoms with Gasteiger partial charge in [0.1, 0.15) is 0 Å². The summed E-state index contributed by atoms with van der Waals surface area (Å²) in [5.41, 5.74) is 2.53. The van der Waals surface area contributed by atoms with Gasteiger partial charge in [0.25, 0.3) is 0 Å². The van der Waals surface area contributed by atoms with Crippen molar-refractivity contribution in [3.05, 3.63) is 47.3 Å². The molecule has 2 rings (SSSR count). The van der Waals surface area contributed by atoms with Crippen LogP contribution in [0.5, 0.6) is 0 Å². The van der Waals surface area contributed by atoms with Crippen LogP contribution < -0.4 is 5.32 Å². The molecule has 3 nitrogen and oxygen atoms in total. The second kappa shape index (κ2) is 5.23. The van der Waals surface area contributed by atoms with Crippen molar-refractivity contribution in [3.8, 4) is 0 Å². The van der Waals surface area contributed by atoms with Gasteiger partial charge in [-0.05, 0) is 12.1 Å². The highest BCUT2D eigenvalue weighted by atomic mass is 19.2. The van der Waals surface area contributed by atoms with E-state index in [9.17, 15) is 8.78 Å². The summed E-state index contributed by atoms with van der Waals surface area (Å²) in [6.07, 6.45) is 1.94. The SMILES string of the molecule is Cn1cc(CNc2ccc(F)c(F)c2)c(C(C)(C)C)n1. The number of nitrogens with zero attached hydrogens (tertiary/aromatic N) is 2. The maximum Gasteiger partial charge on any atom is 0.160 e. The molecule has 0 aliphatic rings. The first-order valence-corrected chi connectivity index (χ1v) is 6.49. The first kappa shape index (κ1) is 14.5. The molecule has 20 heavy (non-hydrogen) atoms. The number of anilines is 1. The Kier molecular flexibility index (Phi) is 3.79. The molecule has 0 aliphatic heterocycles. The highest BCUT2D eigenvalue weighted by Gasteiger charge is 2.21. The highest BCUT2D eigenvalue weighted by Crippen LogP contribution is 2.25. The Hall–Kier alpha value is -1.91. The fourth-order valence-electron chi connectivity index (χ4n) is 2.10. The molecule has 0 fully saturated rings. The average Bonchev–Trinajstić information content (AvgIpc) is 2.72. The van der Waals surface area contributed by atoms with Crippen LogP contribution in [0.1, 0.15) is 32.0 Å². The average molecular weight is 279 g/mol. The largest absolute Gasteiger partial charge is 0.381 e. The molecule has 1 N–H and O–H groups in total. The van der Waals surface area contributed by atoms with Gasteiger partial charge in [0.15, 0.2) is 11.6 Å². The molecular formula is C15H19F2N3. The molecule has 1 aromatic heterocycles. The van der Waals surface area contributed by atoms with E-state index >= 15 is 0 Å². The highest BCUT2D eigenvalue weighted by molar-refractivity contribution is 5.44. The molecule has 1 aromatic carbocycles. The van der Waals surface area contributed by atoms with Crippen LogP contribution in [-0.4, -0.2) is 9.78 Å². The van der Waals surface area contributed by atoms with Crippen LogP contribution in [0.2, 0.25) is 0 Å². The molecule has 5 heteroatoms. The molecule has 0 bridgehead atoms. The first-order valence-electron chi connectivity index (χ1n) is 6.49. The molecule has 0 radical (unpaired) electrons. The van der Waals surface area contributed by atoms with Crippen LogP contribution in [0.25, 0.3) is 0 Å². The molecule has 0 atom stereocenters. The predicted octanol–water partition coefficient (Wildman–Crippen LogP) is 3.61. The van der Waals surface area contributed by atoms with E-state index in [-0.39, 0.29) is 5.41 Å². The van der Waals surface area contributed by atoms with E-state index < -0.39 is 11.6 Å². The van der Waals surface area contributed by atoms with E-state index in [4.69, 9.17) is 0 Å². The van der Waals surface area contributed by atoms with E-state index in [1.165, 1.54) is 6.07 Å². The molecule has 0 aliphatic carbocycles. The summed E-state index contributed by atoms with van der Waals surface area (Å²) in [4.78, 5) is 0. The Morgan fingerprint density at radius 2 is 1.90 bits per heavy atom. The van der Waals surface area contributed by atoms with Gasteiger partial charge < -0.3 is 5.32 Å². The van der Waals surface area contributed by atoms with E-state index in [2.05, 4.69) is 31.2 Å². The molecule has 2 aromatic rings. The Balaban J connectivity index is 2.17. The fourth-order valence-corrected chi connectivity index (χ4v) is 2.10. The van der Waals surface area contributed by atoms with Crippen molar-refractivity contribution in [2.24, 2.45) is 7.05 Å². The van der Waals surface area contributed by atoms with Gasteiger partial charge in [-0.1, -0.05) is 20.8 Å². The summed E-state index contributed by atoms with van der Waals surface area (Å²) in [7, 11) is 1.87. The lowest BCUT2D eigenvalue weighted by atomic mass is 9.89. The number of nitrogens with one attached hydrogen (secondary N) is 1. The summed E-state index contributed by atoms with van der Waals surface area (Å²) < 4.78 is 27.8. The topological polar surface area (TPSA) is 29.9 Å². The van der Waals surface area contributed by atoms with Crippen molar-refractivity contribution < 1.29 is 8.78 Å². The monoisotopic (exact) mass is 279 g/mol.